The van der Waals surface area contributed by atoms with Gasteiger partial charge in [-0.25, -0.2) is 0 Å². The molecule has 22 heavy (non-hydrogen) atoms. The van der Waals surface area contributed by atoms with Gasteiger partial charge in [0.1, 0.15) is 5.75 Å². The van der Waals surface area contributed by atoms with Gasteiger partial charge in [0.25, 0.3) is 5.91 Å². The molecule has 0 spiro atoms. The molecule has 1 aliphatic rings. The number of ether oxygens (including phenoxy) is 1. The van der Waals surface area contributed by atoms with Crippen LogP contribution in [0.2, 0.25) is 0 Å². The summed E-state index contributed by atoms with van der Waals surface area (Å²) in [6, 6.07) is 15.3. The highest BCUT2D eigenvalue weighted by Crippen LogP contribution is 2.45. The van der Waals surface area contributed by atoms with Crippen LogP contribution in [0.25, 0.3) is 0 Å². The molecule has 2 aromatic carbocycles. The van der Waals surface area contributed by atoms with Crippen molar-refractivity contribution >= 4 is 35.1 Å². The molecule has 0 atom stereocenters. The molecule has 1 amide bonds. The standard InChI is InChI=1S/C17H17NO2S2/c1-20-15-5-3-2-4-14(15)18-16(19)12-6-8-13(9-7-12)17-21-10-11-22-17/h2-9,17H,10-11H2,1H3,(H,18,19). The molecule has 3 nitrogen and oxygen atoms in total. The summed E-state index contributed by atoms with van der Waals surface area (Å²) in [5, 5.41) is 2.89. The molecule has 1 heterocycles. The van der Waals surface area contributed by atoms with Crippen LogP contribution in [-0.2, 0) is 0 Å². The number of hydrogen-bond donors (Lipinski definition) is 1. The fraction of sp³-hybridized carbons (Fsp3) is 0.235. The zero-order valence-corrected chi connectivity index (χ0v) is 13.9. The molecule has 1 aliphatic heterocycles. The van der Waals surface area contributed by atoms with E-state index in [0.717, 1.165) is 0 Å². The van der Waals surface area contributed by atoms with Gasteiger partial charge in [0.05, 0.1) is 17.4 Å². The molecule has 0 unspecified atom stereocenters. The smallest absolute Gasteiger partial charge is 0.255 e. The number of amides is 1. The first kappa shape index (κ1) is 15.3. The Balaban J connectivity index is 1.72. The average Bonchev–Trinajstić information content (AvgIpc) is 3.10. The Morgan fingerprint density at radius 3 is 2.45 bits per heavy atom. The van der Waals surface area contributed by atoms with Gasteiger partial charge in [-0.1, -0.05) is 24.3 Å². The molecule has 0 bridgehead atoms. The summed E-state index contributed by atoms with van der Waals surface area (Å²) < 4.78 is 5.75. The van der Waals surface area contributed by atoms with Crippen LogP contribution in [0.4, 0.5) is 5.69 Å². The highest BCUT2D eigenvalue weighted by Gasteiger charge is 2.18. The molecule has 3 rings (SSSR count). The van der Waals surface area contributed by atoms with E-state index in [1.54, 1.807) is 7.11 Å². The third-order valence-corrected chi connectivity index (χ3v) is 6.53. The molecule has 114 valence electrons. The van der Waals surface area contributed by atoms with E-state index in [1.807, 2.05) is 72.1 Å². The van der Waals surface area contributed by atoms with Gasteiger partial charge in [0, 0.05) is 17.1 Å². The molecule has 1 N–H and O–H groups in total. The van der Waals surface area contributed by atoms with Crippen molar-refractivity contribution in [3.8, 4) is 5.75 Å². The normalized spacial score (nSPS) is 14.8. The lowest BCUT2D eigenvalue weighted by atomic mass is 10.1. The maximum atomic E-state index is 12.3. The van der Waals surface area contributed by atoms with Crippen LogP contribution in [-0.4, -0.2) is 24.5 Å². The largest absolute Gasteiger partial charge is 0.495 e. The predicted octanol–water partition coefficient (Wildman–Crippen LogP) is 4.43. The van der Waals surface area contributed by atoms with E-state index in [4.69, 9.17) is 4.74 Å². The number of rotatable bonds is 4. The second-order valence-electron chi connectivity index (χ2n) is 4.85. The SMILES string of the molecule is COc1ccccc1NC(=O)c1ccc(C2SCCS2)cc1. The zero-order valence-electron chi connectivity index (χ0n) is 12.2. The number of thioether (sulfide) groups is 2. The van der Waals surface area contributed by atoms with Crippen LogP contribution in [0, 0.1) is 0 Å². The Morgan fingerprint density at radius 1 is 1.09 bits per heavy atom. The number of benzene rings is 2. The minimum atomic E-state index is -0.122. The third kappa shape index (κ3) is 3.42. The van der Waals surface area contributed by atoms with Gasteiger partial charge < -0.3 is 10.1 Å². The van der Waals surface area contributed by atoms with Crippen LogP contribution < -0.4 is 10.1 Å². The summed E-state index contributed by atoms with van der Waals surface area (Å²) in [6.45, 7) is 0. The van der Waals surface area contributed by atoms with E-state index in [9.17, 15) is 4.79 Å². The van der Waals surface area contributed by atoms with Crippen LogP contribution in [0.5, 0.6) is 5.75 Å². The van der Waals surface area contributed by atoms with E-state index in [-0.39, 0.29) is 5.91 Å². The first-order valence-corrected chi connectivity index (χ1v) is 9.15. The number of hydrogen-bond acceptors (Lipinski definition) is 4. The molecule has 0 aromatic heterocycles. The number of para-hydroxylation sites is 2. The average molecular weight is 331 g/mol. The number of carbonyl (C=O) groups excluding carboxylic acids is 1. The van der Waals surface area contributed by atoms with Crippen molar-refractivity contribution < 1.29 is 9.53 Å². The van der Waals surface area contributed by atoms with E-state index in [1.165, 1.54) is 17.1 Å². The maximum absolute atomic E-state index is 12.3. The summed E-state index contributed by atoms with van der Waals surface area (Å²) in [6.07, 6.45) is 0. The Labute approximate surface area is 138 Å². The second-order valence-corrected chi connectivity index (χ2v) is 7.57. The number of anilines is 1. The monoisotopic (exact) mass is 331 g/mol. The Hall–Kier alpha value is -1.59. The Bertz CT molecular complexity index is 652. The first-order valence-electron chi connectivity index (χ1n) is 7.05. The number of carbonyl (C=O) groups is 1. The first-order chi connectivity index (χ1) is 10.8. The number of methoxy groups -OCH3 is 1. The lowest BCUT2D eigenvalue weighted by Gasteiger charge is -2.11. The highest BCUT2D eigenvalue weighted by molar-refractivity contribution is 8.19. The summed E-state index contributed by atoms with van der Waals surface area (Å²) >= 11 is 3.93. The van der Waals surface area contributed by atoms with Crippen molar-refractivity contribution in [2.75, 3.05) is 23.9 Å². The minimum absolute atomic E-state index is 0.122. The van der Waals surface area contributed by atoms with Gasteiger partial charge in [-0.3, -0.25) is 4.79 Å². The fourth-order valence-electron chi connectivity index (χ4n) is 2.28. The molecular formula is C17H17NO2S2. The molecule has 0 saturated carbocycles. The minimum Gasteiger partial charge on any atom is -0.495 e. The van der Waals surface area contributed by atoms with Crippen LogP contribution in [0.1, 0.15) is 20.5 Å². The Kier molecular flexibility index (Phi) is 4.95. The molecule has 0 radical (unpaired) electrons. The predicted molar refractivity (Wildman–Crippen MR) is 95.0 cm³/mol. The summed E-state index contributed by atoms with van der Waals surface area (Å²) in [4.78, 5) is 12.3. The van der Waals surface area contributed by atoms with E-state index in [2.05, 4.69) is 5.32 Å². The molecule has 1 saturated heterocycles. The van der Waals surface area contributed by atoms with Crippen molar-refractivity contribution in [2.24, 2.45) is 0 Å². The highest BCUT2D eigenvalue weighted by atomic mass is 32.2. The van der Waals surface area contributed by atoms with Gasteiger partial charge in [-0.2, -0.15) is 0 Å². The molecule has 5 heteroatoms. The lowest BCUT2D eigenvalue weighted by molar-refractivity contribution is 0.102. The zero-order chi connectivity index (χ0) is 15.4. The van der Waals surface area contributed by atoms with Crippen LogP contribution in [0.15, 0.2) is 48.5 Å². The summed E-state index contributed by atoms with van der Waals surface area (Å²) in [5.74, 6) is 2.94. The molecule has 0 aliphatic carbocycles. The molecule has 2 aromatic rings. The van der Waals surface area contributed by atoms with E-state index in [0.29, 0.717) is 21.6 Å². The van der Waals surface area contributed by atoms with Crippen molar-refractivity contribution in [3.63, 3.8) is 0 Å². The van der Waals surface area contributed by atoms with Gasteiger partial charge >= 0.3 is 0 Å². The third-order valence-electron chi connectivity index (χ3n) is 3.42. The van der Waals surface area contributed by atoms with Crippen LogP contribution >= 0.6 is 23.5 Å². The number of nitrogens with one attached hydrogen (secondary N) is 1. The fourth-order valence-corrected chi connectivity index (χ4v) is 5.14. The van der Waals surface area contributed by atoms with Crippen LogP contribution in [0.3, 0.4) is 0 Å². The summed E-state index contributed by atoms with van der Waals surface area (Å²) in [5.41, 5.74) is 2.62. The lowest BCUT2D eigenvalue weighted by Crippen LogP contribution is -2.12. The van der Waals surface area contributed by atoms with Gasteiger partial charge in [-0.15, -0.1) is 23.5 Å². The van der Waals surface area contributed by atoms with Gasteiger partial charge in [0.15, 0.2) is 0 Å². The molecular weight excluding hydrogens is 314 g/mol. The van der Waals surface area contributed by atoms with E-state index >= 15 is 0 Å². The van der Waals surface area contributed by atoms with Crippen molar-refractivity contribution in [2.45, 2.75) is 4.58 Å². The van der Waals surface area contributed by atoms with Crippen molar-refractivity contribution in [1.82, 2.24) is 0 Å². The van der Waals surface area contributed by atoms with Gasteiger partial charge in [0.2, 0.25) is 0 Å². The Morgan fingerprint density at radius 2 is 1.77 bits per heavy atom. The van der Waals surface area contributed by atoms with Crippen molar-refractivity contribution in [3.05, 3.63) is 59.7 Å². The topological polar surface area (TPSA) is 38.3 Å². The summed E-state index contributed by atoms with van der Waals surface area (Å²) in [7, 11) is 1.59. The van der Waals surface area contributed by atoms with Gasteiger partial charge in [-0.05, 0) is 29.8 Å². The van der Waals surface area contributed by atoms with Crippen molar-refractivity contribution in [1.29, 1.82) is 0 Å². The quantitative estimate of drug-likeness (QED) is 0.900. The second kappa shape index (κ2) is 7.11. The van der Waals surface area contributed by atoms with E-state index < -0.39 is 0 Å². The maximum Gasteiger partial charge on any atom is 0.255 e. The molecule has 1 fully saturated rings.